The van der Waals surface area contributed by atoms with Crippen LogP contribution in [0.3, 0.4) is 0 Å². The Morgan fingerprint density at radius 3 is 2.14 bits per heavy atom. The van der Waals surface area contributed by atoms with Gasteiger partial charge < -0.3 is 9.47 Å². The highest BCUT2D eigenvalue weighted by Gasteiger charge is 2.15. The van der Waals surface area contributed by atoms with Gasteiger partial charge in [0.2, 0.25) is 0 Å². The predicted molar refractivity (Wildman–Crippen MR) is 62.3 cm³/mol. The molecule has 0 heterocycles. The van der Waals surface area contributed by atoms with Crippen LogP contribution in [-0.4, -0.2) is 20.0 Å². The molecule has 14 heavy (non-hydrogen) atoms. The normalized spacial score (nSPS) is 9.71. The fourth-order valence-corrected chi connectivity index (χ4v) is 2.24. The van der Waals surface area contributed by atoms with Crippen molar-refractivity contribution in [2.45, 2.75) is 6.92 Å². The maximum Gasteiger partial charge on any atom is 0.164 e. The van der Waals surface area contributed by atoms with Gasteiger partial charge in [0.25, 0.3) is 0 Å². The molecule has 0 aromatic heterocycles. The second-order valence-corrected chi connectivity index (χ2v) is 3.79. The molecule has 0 saturated carbocycles. The van der Waals surface area contributed by atoms with E-state index in [2.05, 4.69) is 22.6 Å². The Labute approximate surface area is 96.5 Å². The van der Waals surface area contributed by atoms with Crippen molar-refractivity contribution in [3.63, 3.8) is 0 Å². The van der Waals surface area contributed by atoms with Crippen LogP contribution in [-0.2, 0) is 0 Å². The number of rotatable bonds is 3. The number of Topliss-reactive ketones (excluding diaryl/α,β-unsaturated/α-hetero) is 1. The van der Waals surface area contributed by atoms with E-state index in [1.807, 2.05) is 0 Å². The van der Waals surface area contributed by atoms with Crippen LogP contribution in [0.2, 0.25) is 0 Å². The molecule has 0 amide bonds. The Balaban J connectivity index is 3.39. The number of hydrogen-bond acceptors (Lipinski definition) is 3. The standard InChI is InChI=1S/C10H11IO3/c1-6(12)9-7(13-2)4-5-8(14-3)10(9)11/h4-5H,1-3H3. The highest BCUT2D eigenvalue weighted by molar-refractivity contribution is 14.1. The fraction of sp³-hybridized carbons (Fsp3) is 0.300. The molecular formula is C10H11IO3. The molecule has 0 aliphatic rings. The van der Waals surface area contributed by atoms with E-state index in [4.69, 9.17) is 9.47 Å². The molecule has 0 N–H and O–H groups in total. The van der Waals surface area contributed by atoms with Gasteiger partial charge in [-0.3, -0.25) is 4.79 Å². The van der Waals surface area contributed by atoms with Crippen LogP contribution in [0.5, 0.6) is 11.5 Å². The average molecular weight is 306 g/mol. The molecule has 1 aromatic carbocycles. The van der Waals surface area contributed by atoms with Crippen molar-refractivity contribution in [2.75, 3.05) is 14.2 Å². The number of ketones is 1. The minimum absolute atomic E-state index is 0.0230. The maximum atomic E-state index is 11.4. The average Bonchev–Trinajstić information content (AvgIpc) is 2.16. The molecule has 0 aliphatic heterocycles. The Kier molecular flexibility index (Phi) is 3.74. The van der Waals surface area contributed by atoms with Gasteiger partial charge in [-0.25, -0.2) is 0 Å². The van der Waals surface area contributed by atoms with Crippen molar-refractivity contribution < 1.29 is 14.3 Å². The summed E-state index contributed by atoms with van der Waals surface area (Å²) in [4.78, 5) is 11.4. The van der Waals surface area contributed by atoms with Gasteiger partial charge in [-0.2, -0.15) is 0 Å². The summed E-state index contributed by atoms with van der Waals surface area (Å²) in [6.07, 6.45) is 0. The van der Waals surface area contributed by atoms with Gasteiger partial charge in [0, 0.05) is 0 Å². The summed E-state index contributed by atoms with van der Waals surface area (Å²) >= 11 is 2.08. The van der Waals surface area contributed by atoms with E-state index >= 15 is 0 Å². The van der Waals surface area contributed by atoms with Crippen LogP contribution in [0, 0.1) is 3.57 Å². The zero-order chi connectivity index (χ0) is 10.7. The van der Waals surface area contributed by atoms with Crippen molar-refractivity contribution in [2.24, 2.45) is 0 Å². The van der Waals surface area contributed by atoms with Gasteiger partial charge in [-0.15, -0.1) is 0 Å². The van der Waals surface area contributed by atoms with Crippen LogP contribution >= 0.6 is 22.6 Å². The van der Waals surface area contributed by atoms with Crippen LogP contribution < -0.4 is 9.47 Å². The van der Waals surface area contributed by atoms with Crippen LogP contribution in [0.25, 0.3) is 0 Å². The molecular weight excluding hydrogens is 295 g/mol. The first-order chi connectivity index (χ1) is 6.61. The SMILES string of the molecule is COc1ccc(OC)c(C(C)=O)c1I. The molecule has 0 bridgehead atoms. The molecule has 0 unspecified atom stereocenters. The van der Waals surface area contributed by atoms with Crippen molar-refractivity contribution >= 4 is 28.4 Å². The summed E-state index contributed by atoms with van der Waals surface area (Å²) in [6, 6.07) is 3.52. The molecule has 0 spiro atoms. The molecule has 0 fully saturated rings. The fourth-order valence-electron chi connectivity index (χ4n) is 1.20. The molecule has 0 atom stereocenters. The lowest BCUT2D eigenvalue weighted by Crippen LogP contribution is -2.02. The summed E-state index contributed by atoms with van der Waals surface area (Å²) in [5.74, 6) is 1.25. The van der Waals surface area contributed by atoms with Gasteiger partial charge in [-0.1, -0.05) is 0 Å². The lowest BCUT2D eigenvalue weighted by molar-refractivity contribution is 0.101. The van der Waals surface area contributed by atoms with Crippen molar-refractivity contribution in [3.8, 4) is 11.5 Å². The van der Waals surface area contributed by atoms with Gasteiger partial charge in [0.15, 0.2) is 5.78 Å². The summed E-state index contributed by atoms with van der Waals surface area (Å²) < 4.78 is 11.0. The summed E-state index contributed by atoms with van der Waals surface area (Å²) in [7, 11) is 3.12. The van der Waals surface area contributed by atoms with E-state index in [-0.39, 0.29) is 5.78 Å². The molecule has 0 radical (unpaired) electrons. The van der Waals surface area contributed by atoms with Gasteiger partial charge in [0.1, 0.15) is 11.5 Å². The monoisotopic (exact) mass is 306 g/mol. The highest BCUT2D eigenvalue weighted by atomic mass is 127. The minimum Gasteiger partial charge on any atom is -0.496 e. The lowest BCUT2D eigenvalue weighted by atomic mass is 10.1. The van der Waals surface area contributed by atoms with Gasteiger partial charge in [0.05, 0.1) is 23.4 Å². The number of halogens is 1. The predicted octanol–water partition coefficient (Wildman–Crippen LogP) is 2.51. The first-order valence-corrected chi connectivity index (χ1v) is 5.11. The Hall–Kier alpha value is -0.780. The summed E-state index contributed by atoms with van der Waals surface area (Å²) in [6.45, 7) is 1.51. The number of methoxy groups -OCH3 is 2. The van der Waals surface area contributed by atoms with Crippen molar-refractivity contribution in [1.82, 2.24) is 0 Å². The van der Waals surface area contributed by atoms with Gasteiger partial charge >= 0.3 is 0 Å². The Morgan fingerprint density at radius 2 is 1.71 bits per heavy atom. The van der Waals surface area contributed by atoms with E-state index in [0.29, 0.717) is 17.1 Å². The van der Waals surface area contributed by atoms with Crippen LogP contribution in [0.4, 0.5) is 0 Å². The molecule has 3 nitrogen and oxygen atoms in total. The van der Waals surface area contributed by atoms with Crippen molar-refractivity contribution in [3.05, 3.63) is 21.3 Å². The molecule has 1 aromatic rings. The Bertz CT molecular complexity index is 361. The third-order valence-electron chi connectivity index (χ3n) is 1.86. The highest BCUT2D eigenvalue weighted by Crippen LogP contribution is 2.31. The minimum atomic E-state index is -0.0230. The van der Waals surface area contributed by atoms with Crippen LogP contribution in [0.1, 0.15) is 17.3 Å². The van der Waals surface area contributed by atoms with Gasteiger partial charge in [-0.05, 0) is 41.6 Å². The maximum absolute atomic E-state index is 11.4. The van der Waals surface area contributed by atoms with E-state index in [1.54, 1.807) is 26.4 Å². The third kappa shape index (κ3) is 2.00. The summed E-state index contributed by atoms with van der Waals surface area (Å²) in [5.41, 5.74) is 0.576. The van der Waals surface area contributed by atoms with E-state index in [1.165, 1.54) is 6.92 Å². The first kappa shape index (κ1) is 11.3. The van der Waals surface area contributed by atoms with E-state index < -0.39 is 0 Å². The second-order valence-electron chi connectivity index (χ2n) is 2.72. The van der Waals surface area contributed by atoms with E-state index in [9.17, 15) is 4.79 Å². The summed E-state index contributed by atoms with van der Waals surface area (Å²) in [5, 5.41) is 0. The second kappa shape index (κ2) is 4.63. The molecule has 4 heteroatoms. The zero-order valence-electron chi connectivity index (χ0n) is 8.26. The number of carbonyl (C=O) groups is 1. The number of hydrogen-bond donors (Lipinski definition) is 0. The first-order valence-electron chi connectivity index (χ1n) is 4.03. The molecule has 1 rings (SSSR count). The lowest BCUT2D eigenvalue weighted by Gasteiger charge is -2.10. The largest absolute Gasteiger partial charge is 0.496 e. The van der Waals surface area contributed by atoms with E-state index in [0.717, 1.165) is 3.57 Å². The third-order valence-corrected chi connectivity index (χ3v) is 2.93. The number of carbonyl (C=O) groups excluding carboxylic acids is 1. The number of benzene rings is 1. The van der Waals surface area contributed by atoms with Crippen molar-refractivity contribution in [1.29, 1.82) is 0 Å². The quantitative estimate of drug-likeness (QED) is 0.636. The Morgan fingerprint density at radius 1 is 1.21 bits per heavy atom. The number of ether oxygens (including phenoxy) is 2. The smallest absolute Gasteiger partial charge is 0.164 e. The topological polar surface area (TPSA) is 35.5 Å². The molecule has 0 aliphatic carbocycles. The van der Waals surface area contributed by atoms with Crippen LogP contribution in [0.15, 0.2) is 12.1 Å². The molecule has 0 saturated heterocycles. The zero-order valence-corrected chi connectivity index (χ0v) is 10.4. The molecule has 76 valence electrons.